The first-order valence-electron chi connectivity index (χ1n) is 6.40. The molecule has 2 N–H and O–H groups in total. The largest absolute Gasteiger partial charge is 0.481 e. The third-order valence-corrected chi connectivity index (χ3v) is 3.48. The molecule has 1 aromatic rings. The van der Waals surface area contributed by atoms with Gasteiger partial charge in [0.25, 0.3) is 0 Å². The van der Waals surface area contributed by atoms with Crippen molar-refractivity contribution >= 4 is 5.97 Å². The highest BCUT2D eigenvalue weighted by atomic mass is 16.4. The first-order valence-corrected chi connectivity index (χ1v) is 6.40. The topological polar surface area (TPSA) is 57.5 Å². The molecular formula is C15H22O3. The molecule has 3 nitrogen and oxygen atoms in total. The molecule has 0 saturated heterocycles. The number of carbonyl (C=O) groups is 1. The number of aliphatic hydroxyl groups is 1. The van der Waals surface area contributed by atoms with Crippen LogP contribution in [0.1, 0.15) is 32.8 Å². The third-order valence-electron chi connectivity index (χ3n) is 3.48. The lowest BCUT2D eigenvalue weighted by Gasteiger charge is -2.35. The van der Waals surface area contributed by atoms with Crippen molar-refractivity contribution < 1.29 is 15.0 Å². The minimum absolute atomic E-state index is 0.101. The monoisotopic (exact) mass is 250 g/mol. The van der Waals surface area contributed by atoms with Crippen molar-refractivity contribution in [3.05, 3.63) is 35.9 Å². The highest BCUT2D eigenvalue weighted by molar-refractivity contribution is 5.72. The molecule has 18 heavy (non-hydrogen) atoms. The van der Waals surface area contributed by atoms with E-state index in [9.17, 15) is 15.0 Å². The maximum atomic E-state index is 11.4. The summed E-state index contributed by atoms with van der Waals surface area (Å²) in [5.74, 6) is -1.77. The number of hydrogen-bond acceptors (Lipinski definition) is 2. The van der Waals surface area contributed by atoms with E-state index in [2.05, 4.69) is 0 Å². The summed E-state index contributed by atoms with van der Waals surface area (Å²) in [5.41, 5.74) is -0.227. The van der Waals surface area contributed by atoms with Crippen molar-refractivity contribution in [2.75, 3.05) is 0 Å². The Labute approximate surface area is 108 Å². The summed E-state index contributed by atoms with van der Waals surface area (Å²) in [6, 6.07) is 9.54. The molecule has 2 unspecified atom stereocenters. The zero-order valence-electron chi connectivity index (χ0n) is 11.3. The van der Waals surface area contributed by atoms with Crippen LogP contribution in [0.5, 0.6) is 0 Å². The quantitative estimate of drug-likeness (QED) is 0.816. The van der Waals surface area contributed by atoms with Crippen molar-refractivity contribution in [2.45, 2.75) is 39.2 Å². The van der Waals surface area contributed by atoms with E-state index >= 15 is 0 Å². The fourth-order valence-electron chi connectivity index (χ4n) is 2.54. The molecule has 2 atom stereocenters. The van der Waals surface area contributed by atoms with Gasteiger partial charge in [-0.2, -0.15) is 0 Å². The Hall–Kier alpha value is -1.35. The van der Waals surface area contributed by atoms with Crippen LogP contribution in [0.2, 0.25) is 0 Å². The normalized spacial score (nSPS) is 16.3. The summed E-state index contributed by atoms with van der Waals surface area (Å²) >= 11 is 0. The van der Waals surface area contributed by atoms with E-state index < -0.39 is 17.5 Å². The summed E-state index contributed by atoms with van der Waals surface area (Å²) in [4.78, 5) is 11.4. The number of hydrogen-bond donors (Lipinski definition) is 2. The van der Waals surface area contributed by atoms with E-state index in [4.69, 9.17) is 0 Å². The first-order chi connectivity index (χ1) is 8.40. The van der Waals surface area contributed by atoms with Crippen LogP contribution in [0.15, 0.2) is 30.3 Å². The fraction of sp³-hybridized carbons (Fsp3) is 0.533. The van der Waals surface area contributed by atoms with Crippen molar-refractivity contribution in [2.24, 2.45) is 11.8 Å². The molecule has 1 aromatic carbocycles. The van der Waals surface area contributed by atoms with Gasteiger partial charge < -0.3 is 10.2 Å². The number of benzene rings is 1. The van der Waals surface area contributed by atoms with Crippen molar-refractivity contribution in [1.29, 1.82) is 0 Å². The molecule has 0 fully saturated rings. The van der Waals surface area contributed by atoms with Crippen molar-refractivity contribution in [3.63, 3.8) is 0 Å². The minimum Gasteiger partial charge on any atom is -0.481 e. The van der Waals surface area contributed by atoms with Crippen LogP contribution in [0.3, 0.4) is 0 Å². The van der Waals surface area contributed by atoms with Crippen LogP contribution >= 0.6 is 0 Å². The van der Waals surface area contributed by atoms with Crippen LogP contribution in [-0.4, -0.2) is 21.8 Å². The van der Waals surface area contributed by atoms with E-state index in [0.29, 0.717) is 12.8 Å². The predicted molar refractivity (Wildman–Crippen MR) is 71.4 cm³/mol. The summed E-state index contributed by atoms with van der Waals surface area (Å²) in [7, 11) is 0. The van der Waals surface area contributed by atoms with E-state index in [1.165, 1.54) is 0 Å². The first kappa shape index (κ1) is 14.7. The summed E-state index contributed by atoms with van der Waals surface area (Å²) in [5, 5.41) is 20.0. The SMILES string of the molecule is CCC(O)(Cc1ccccc1)C(C(=O)O)C(C)C. The fourth-order valence-corrected chi connectivity index (χ4v) is 2.54. The third kappa shape index (κ3) is 3.33. The summed E-state index contributed by atoms with van der Waals surface area (Å²) in [6.45, 7) is 5.51. The molecule has 0 aliphatic carbocycles. The number of rotatable bonds is 6. The molecule has 0 heterocycles. The molecule has 3 heteroatoms. The summed E-state index contributed by atoms with van der Waals surface area (Å²) in [6.07, 6.45) is 0.802. The van der Waals surface area contributed by atoms with Gasteiger partial charge in [-0.25, -0.2) is 0 Å². The number of aliphatic carboxylic acids is 1. The van der Waals surface area contributed by atoms with Gasteiger partial charge in [0.2, 0.25) is 0 Å². The number of carboxylic acid groups (broad SMARTS) is 1. The van der Waals surface area contributed by atoms with Gasteiger partial charge in [-0.3, -0.25) is 4.79 Å². The van der Waals surface area contributed by atoms with Crippen LogP contribution in [-0.2, 0) is 11.2 Å². The van der Waals surface area contributed by atoms with Gasteiger partial charge in [-0.1, -0.05) is 51.1 Å². The van der Waals surface area contributed by atoms with Gasteiger partial charge in [-0.15, -0.1) is 0 Å². The average molecular weight is 250 g/mol. The minimum atomic E-state index is -1.19. The van der Waals surface area contributed by atoms with E-state index in [1.807, 2.05) is 51.1 Å². The second-order valence-corrected chi connectivity index (χ2v) is 5.18. The molecular weight excluding hydrogens is 228 g/mol. The second-order valence-electron chi connectivity index (χ2n) is 5.18. The van der Waals surface area contributed by atoms with Gasteiger partial charge >= 0.3 is 5.97 Å². The Bertz CT molecular complexity index is 386. The molecule has 0 radical (unpaired) electrons. The van der Waals surface area contributed by atoms with Crippen LogP contribution < -0.4 is 0 Å². The number of carboxylic acids is 1. The van der Waals surface area contributed by atoms with Crippen LogP contribution in [0, 0.1) is 11.8 Å². The standard InChI is InChI=1S/C15H22O3/c1-4-15(18,13(11(2)3)14(16)17)10-12-8-6-5-7-9-12/h5-9,11,13,18H,4,10H2,1-3H3,(H,16,17). The Morgan fingerprint density at radius 3 is 2.22 bits per heavy atom. The highest BCUT2D eigenvalue weighted by Crippen LogP contribution is 2.31. The Morgan fingerprint density at radius 1 is 1.28 bits per heavy atom. The van der Waals surface area contributed by atoms with Gasteiger partial charge in [0.1, 0.15) is 0 Å². The van der Waals surface area contributed by atoms with Gasteiger partial charge in [0, 0.05) is 6.42 Å². The molecule has 0 amide bonds. The van der Waals surface area contributed by atoms with Gasteiger partial charge in [-0.05, 0) is 17.9 Å². The van der Waals surface area contributed by atoms with Crippen LogP contribution in [0.25, 0.3) is 0 Å². The van der Waals surface area contributed by atoms with E-state index in [0.717, 1.165) is 5.56 Å². The Kier molecular flexibility index (Phi) is 4.91. The molecule has 0 aliphatic heterocycles. The molecule has 100 valence electrons. The average Bonchev–Trinajstić information content (AvgIpc) is 2.29. The van der Waals surface area contributed by atoms with E-state index in [1.54, 1.807) is 0 Å². The molecule has 0 spiro atoms. The molecule has 0 saturated carbocycles. The molecule has 0 aromatic heterocycles. The predicted octanol–water partition coefficient (Wildman–Crippen LogP) is 2.73. The smallest absolute Gasteiger partial charge is 0.309 e. The maximum Gasteiger partial charge on any atom is 0.309 e. The second kappa shape index (κ2) is 6.01. The lowest BCUT2D eigenvalue weighted by Crippen LogP contribution is -2.46. The molecule has 0 bridgehead atoms. The molecule has 0 aliphatic rings. The zero-order valence-corrected chi connectivity index (χ0v) is 11.3. The highest BCUT2D eigenvalue weighted by Gasteiger charge is 2.42. The Balaban J connectivity index is 3.00. The lowest BCUT2D eigenvalue weighted by molar-refractivity contribution is -0.156. The molecule has 1 rings (SSSR count). The van der Waals surface area contributed by atoms with Gasteiger partial charge in [0.05, 0.1) is 11.5 Å². The maximum absolute atomic E-state index is 11.4. The lowest BCUT2D eigenvalue weighted by atomic mass is 9.74. The summed E-state index contributed by atoms with van der Waals surface area (Å²) < 4.78 is 0. The van der Waals surface area contributed by atoms with Crippen molar-refractivity contribution in [3.8, 4) is 0 Å². The van der Waals surface area contributed by atoms with Crippen LogP contribution in [0.4, 0.5) is 0 Å². The van der Waals surface area contributed by atoms with Gasteiger partial charge in [0.15, 0.2) is 0 Å². The van der Waals surface area contributed by atoms with E-state index in [-0.39, 0.29) is 5.92 Å². The Morgan fingerprint density at radius 2 is 1.83 bits per heavy atom. The zero-order chi connectivity index (χ0) is 13.8. The van der Waals surface area contributed by atoms with Crippen molar-refractivity contribution in [1.82, 2.24) is 0 Å².